The van der Waals surface area contributed by atoms with E-state index in [1.54, 1.807) is 6.92 Å². The molecule has 6 heteroatoms. The molecule has 0 N–H and O–H groups in total. The number of pyridine rings is 1. The summed E-state index contributed by atoms with van der Waals surface area (Å²) in [5.41, 5.74) is -1.00. The maximum absolute atomic E-state index is 12.3. The van der Waals surface area contributed by atoms with E-state index in [1.165, 1.54) is 7.11 Å². The van der Waals surface area contributed by atoms with Crippen LogP contribution in [0, 0.1) is 0 Å². The van der Waals surface area contributed by atoms with Crippen LogP contribution in [-0.2, 0) is 6.18 Å². The van der Waals surface area contributed by atoms with Gasteiger partial charge in [0.05, 0.1) is 12.7 Å². The van der Waals surface area contributed by atoms with Crippen LogP contribution in [0.4, 0.5) is 13.2 Å². The van der Waals surface area contributed by atoms with Crippen LogP contribution in [0.2, 0.25) is 0 Å². The lowest BCUT2D eigenvalue weighted by Gasteiger charge is -2.10. The topological polar surface area (TPSA) is 39.2 Å². The Hall–Kier alpha value is -1.59. The number of aromatic nitrogens is 1. The summed E-state index contributed by atoms with van der Waals surface area (Å²) in [7, 11) is 1.20. The van der Waals surface area contributed by atoms with Crippen molar-refractivity contribution in [1.29, 1.82) is 0 Å². The molecule has 0 amide bonds. The monoisotopic (exact) mass is 233 g/mol. The van der Waals surface area contributed by atoms with Gasteiger partial charge in [-0.1, -0.05) is 6.92 Å². The van der Waals surface area contributed by atoms with Crippen molar-refractivity contribution in [3.63, 3.8) is 0 Å². The van der Waals surface area contributed by atoms with Gasteiger partial charge in [0.15, 0.2) is 5.78 Å². The van der Waals surface area contributed by atoms with Gasteiger partial charge in [-0.2, -0.15) is 13.2 Å². The first-order valence-electron chi connectivity index (χ1n) is 4.54. The summed E-state index contributed by atoms with van der Waals surface area (Å²) in [6, 6.07) is 0.774. The van der Waals surface area contributed by atoms with Crippen LogP contribution >= 0.6 is 0 Å². The Balaban J connectivity index is 3.22. The lowest BCUT2D eigenvalue weighted by atomic mass is 10.1. The average Bonchev–Trinajstić information content (AvgIpc) is 2.26. The van der Waals surface area contributed by atoms with Crippen LogP contribution < -0.4 is 4.74 Å². The molecule has 0 radical (unpaired) electrons. The first-order valence-corrected chi connectivity index (χ1v) is 4.54. The molecule has 1 rings (SSSR count). The Morgan fingerprint density at radius 2 is 2.12 bits per heavy atom. The van der Waals surface area contributed by atoms with Gasteiger partial charge in [-0.3, -0.25) is 4.79 Å². The molecular weight excluding hydrogens is 223 g/mol. The van der Waals surface area contributed by atoms with Gasteiger partial charge in [-0.05, 0) is 6.07 Å². The normalized spacial score (nSPS) is 11.3. The molecule has 0 spiro atoms. The minimum atomic E-state index is -4.49. The number of ether oxygens (including phenoxy) is 1. The number of ketones is 1. The first kappa shape index (κ1) is 12.5. The predicted molar refractivity (Wildman–Crippen MR) is 50.4 cm³/mol. The van der Waals surface area contributed by atoms with Crippen LogP contribution in [0.1, 0.15) is 29.4 Å². The molecule has 88 valence electrons. The van der Waals surface area contributed by atoms with Gasteiger partial charge >= 0.3 is 6.18 Å². The van der Waals surface area contributed by atoms with E-state index >= 15 is 0 Å². The van der Waals surface area contributed by atoms with E-state index in [-0.39, 0.29) is 23.6 Å². The van der Waals surface area contributed by atoms with Gasteiger partial charge < -0.3 is 4.74 Å². The van der Waals surface area contributed by atoms with Gasteiger partial charge in [-0.25, -0.2) is 4.98 Å². The number of hydrogen-bond acceptors (Lipinski definition) is 3. The predicted octanol–water partition coefficient (Wildman–Crippen LogP) is 2.70. The molecule has 0 atom stereocenters. The molecular formula is C10H10F3NO2. The van der Waals surface area contributed by atoms with Crippen molar-refractivity contribution in [3.8, 4) is 5.75 Å². The molecule has 1 heterocycles. The van der Waals surface area contributed by atoms with Crippen molar-refractivity contribution in [2.45, 2.75) is 19.5 Å². The molecule has 1 aromatic heterocycles. The molecule has 16 heavy (non-hydrogen) atoms. The van der Waals surface area contributed by atoms with Gasteiger partial charge in [0, 0.05) is 12.6 Å². The summed E-state index contributed by atoms with van der Waals surface area (Å²) in [6.45, 7) is 1.60. The van der Waals surface area contributed by atoms with E-state index in [0.717, 1.165) is 6.07 Å². The van der Waals surface area contributed by atoms with Crippen molar-refractivity contribution in [3.05, 3.63) is 23.5 Å². The lowest BCUT2D eigenvalue weighted by Crippen LogP contribution is -2.10. The fraction of sp³-hybridized carbons (Fsp3) is 0.400. The van der Waals surface area contributed by atoms with E-state index in [9.17, 15) is 18.0 Å². The molecule has 0 saturated heterocycles. The summed E-state index contributed by atoms with van der Waals surface area (Å²) in [6.07, 6.45) is -3.70. The Bertz CT molecular complexity index is 402. The second-order valence-electron chi connectivity index (χ2n) is 3.05. The first-order chi connectivity index (χ1) is 7.40. The SMILES string of the molecule is CCC(=O)c1ncc(C(F)(F)F)cc1OC. The van der Waals surface area contributed by atoms with Crippen LogP contribution in [0.3, 0.4) is 0 Å². The molecule has 0 bridgehead atoms. The minimum absolute atomic E-state index is 0.0713. The number of alkyl halides is 3. The highest BCUT2D eigenvalue weighted by Gasteiger charge is 2.32. The van der Waals surface area contributed by atoms with E-state index in [2.05, 4.69) is 4.98 Å². The minimum Gasteiger partial charge on any atom is -0.494 e. The summed E-state index contributed by atoms with van der Waals surface area (Å²) in [5, 5.41) is 0. The van der Waals surface area contributed by atoms with Crippen molar-refractivity contribution in [1.82, 2.24) is 4.98 Å². The maximum atomic E-state index is 12.3. The van der Waals surface area contributed by atoms with Crippen LogP contribution in [0.5, 0.6) is 5.75 Å². The van der Waals surface area contributed by atoms with Crippen molar-refractivity contribution in [2.75, 3.05) is 7.11 Å². The third-order valence-electron chi connectivity index (χ3n) is 1.99. The molecule has 0 aliphatic heterocycles. The third-order valence-corrected chi connectivity index (χ3v) is 1.99. The fourth-order valence-electron chi connectivity index (χ4n) is 1.13. The summed E-state index contributed by atoms with van der Waals surface area (Å²) in [5.74, 6) is -0.507. The van der Waals surface area contributed by atoms with Gasteiger partial charge in [0.25, 0.3) is 0 Å². The maximum Gasteiger partial charge on any atom is 0.418 e. The van der Waals surface area contributed by atoms with Gasteiger partial charge in [0.1, 0.15) is 11.4 Å². The highest BCUT2D eigenvalue weighted by atomic mass is 19.4. The smallest absolute Gasteiger partial charge is 0.418 e. The molecule has 0 fully saturated rings. The number of carbonyl (C=O) groups excluding carboxylic acids is 1. The van der Waals surface area contributed by atoms with E-state index < -0.39 is 11.7 Å². The zero-order valence-corrected chi connectivity index (χ0v) is 8.76. The van der Waals surface area contributed by atoms with Crippen LogP contribution in [-0.4, -0.2) is 17.9 Å². The highest BCUT2D eigenvalue weighted by Crippen LogP contribution is 2.32. The Morgan fingerprint density at radius 3 is 2.56 bits per heavy atom. The van der Waals surface area contributed by atoms with Crippen LogP contribution in [0.25, 0.3) is 0 Å². The standard InChI is InChI=1S/C10H10F3NO2/c1-3-7(15)9-8(16-2)4-6(5-14-9)10(11,12)13/h4-5H,3H2,1-2H3. The number of Topliss-reactive ketones (excluding diaryl/α,β-unsaturated/α-hetero) is 1. The molecule has 0 aliphatic rings. The van der Waals surface area contributed by atoms with E-state index in [4.69, 9.17) is 4.74 Å². The van der Waals surface area contributed by atoms with Gasteiger partial charge in [-0.15, -0.1) is 0 Å². The van der Waals surface area contributed by atoms with Crippen molar-refractivity contribution in [2.24, 2.45) is 0 Å². The number of methoxy groups -OCH3 is 1. The quantitative estimate of drug-likeness (QED) is 0.753. The summed E-state index contributed by atoms with van der Waals surface area (Å²) in [4.78, 5) is 14.8. The zero-order chi connectivity index (χ0) is 12.3. The molecule has 0 aromatic carbocycles. The van der Waals surface area contributed by atoms with E-state index in [0.29, 0.717) is 6.20 Å². The number of rotatable bonds is 3. The number of nitrogens with zero attached hydrogens (tertiary/aromatic N) is 1. The largest absolute Gasteiger partial charge is 0.494 e. The summed E-state index contributed by atoms with van der Waals surface area (Å²) < 4.78 is 41.7. The lowest BCUT2D eigenvalue weighted by molar-refractivity contribution is -0.137. The Labute approximate surface area is 90.2 Å². The Kier molecular flexibility index (Phi) is 3.51. The molecule has 3 nitrogen and oxygen atoms in total. The van der Waals surface area contributed by atoms with Crippen molar-refractivity contribution < 1.29 is 22.7 Å². The second-order valence-corrected chi connectivity index (χ2v) is 3.05. The number of hydrogen-bond donors (Lipinski definition) is 0. The average molecular weight is 233 g/mol. The van der Waals surface area contributed by atoms with Crippen molar-refractivity contribution >= 4 is 5.78 Å². The Morgan fingerprint density at radius 1 is 1.50 bits per heavy atom. The molecule has 0 saturated carbocycles. The molecule has 0 aliphatic carbocycles. The number of halogens is 3. The fourth-order valence-corrected chi connectivity index (χ4v) is 1.13. The molecule has 1 aromatic rings. The molecule has 0 unspecified atom stereocenters. The zero-order valence-electron chi connectivity index (χ0n) is 8.76. The van der Waals surface area contributed by atoms with Crippen LogP contribution in [0.15, 0.2) is 12.3 Å². The summed E-state index contributed by atoms with van der Waals surface area (Å²) >= 11 is 0. The second kappa shape index (κ2) is 4.51. The van der Waals surface area contributed by atoms with Gasteiger partial charge in [0.2, 0.25) is 0 Å². The number of carbonyl (C=O) groups is 1. The van der Waals surface area contributed by atoms with E-state index in [1.807, 2.05) is 0 Å². The third kappa shape index (κ3) is 2.50. The highest BCUT2D eigenvalue weighted by molar-refractivity contribution is 5.96.